The molecule has 0 atom stereocenters. The fourth-order valence-electron chi connectivity index (χ4n) is 2.01. The van der Waals surface area contributed by atoms with Crippen molar-refractivity contribution in [3.05, 3.63) is 50.7 Å². The number of fused-ring (bicyclic) bond motifs is 1. The Morgan fingerprint density at radius 3 is 2.60 bits per heavy atom. The number of nitrogens with zero attached hydrogens (tertiary/aromatic N) is 2. The Bertz CT molecular complexity index is 832. The lowest BCUT2D eigenvalue weighted by Gasteiger charge is -2.09. The van der Waals surface area contributed by atoms with Crippen LogP contribution in [0, 0.1) is 5.82 Å². The van der Waals surface area contributed by atoms with E-state index in [4.69, 9.17) is 28.9 Å². The van der Waals surface area contributed by atoms with Crippen molar-refractivity contribution in [2.75, 3.05) is 5.73 Å². The second-order valence-corrected chi connectivity index (χ2v) is 5.89. The zero-order chi connectivity index (χ0) is 14.4. The Morgan fingerprint density at radius 2 is 1.90 bits per heavy atom. The molecular weight excluding hydrogens is 368 g/mol. The molecule has 102 valence electrons. The van der Waals surface area contributed by atoms with Crippen molar-refractivity contribution >= 4 is 56.1 Å². The molecule has 1 heterocycles. The van der Waals surface area contributed by atoms with Crippen molar-refractivity contribution in [3.8, 4) is 5.69 Å². The van der Waals surface area contributed by atoms with Gasteiger partial charge in [0.2, 0.25) is 5.95 Å². The summed E-state index contributed by atoms with van der Waals surface area (Å²) < 4.78 is 16.0. The monoisotopic (exact) mass is 373 g/mol. The van der Waals surface area contributed by atoms with Gasteiger partial charge in [0.25, 0.3) is 0 Å². The van der Waals surface area contributed by atoms with E-state index in [0.717, 1.165) is 4.47 Å². The average Bonchev–Trinajstić information content (AvgIpc) is 2.66. The summed E-state index contributed by atoms with van der Waals surface area (Å²) in [5.74, 6) is -0.323. The van der Waals surface area contributed by atoms with Gasteiger partial charge in [-0.1, -0.05) is 39.1 Å². The van der Waals surface area contributed by atoms with E-state index in [1.165, 1.54) is 12.1 Å². The maximum Gasteiger partial charge on any atom is 0.205 e. The van der Waals surface area contributed by atoms with Gasteiger partial charge in [-0.3, -0.25) is 4.57 Å². The Hall–Kier alpha value is -1.30. The molecule has 0 saturated heterocycles. The number of hydrogen-bond acceptors (Lipinski definition) is 2. The van der Waals surface area contributed by atoms with E-state index in [0.29, 0.717) is 21.7 Å². The van der Waals surface area contributed by atoms with Crippen LogP contribution in [0.2, 0.25) is 10.0 Å². The third kappa shape index (κ3) is 2.16. The van der Waals surface area contributed by atoms with Crippen molar-refractivity contribution in [2.24, 2.45) is 0 Å². The van der Waals surface area contributed by atoms with Crippen molar-refractivity contribution in [2.45, 2.75) is 0 Å². The van der Waals surface area contributed by atoms with Crippen LogP contribution in [0.3, 0.4) is 0 Å². The van der Waals surface area contributed by atoms with E-state index in [1.807, 2.05) is 6.07 Å². The first-order valence-corrected chi connectivity index (χ1v) is 7.10. The molecule has 7 heteroatoms. The zero-order valence-electron chi connectivity index (χ0n) is 9.87. The molecule has 2 aromatic carbocycles. The minimum Gasteiger partial charge on any atom is -0.369 e. The molecule has 3 nitrogen and oxygen atoms in total. The number of imidazole rings is 1. The van der Waals surface area contributed by atoms with Gasteiger partial charge in [0.1, 0.15) is 5.82 Å². The minimum absolute atomic E-state index is 0.00637. The standard InChI is InChI=1S/C13H7BrCl2FN3/c14-6-1-2-11(8(16)3-6)20-12-4-7(15)9(17)5-10(12)19-13(20)18/h1-5H,(H2,18,19). The lowest BCUT2D eigenvalue weighted by molar-refractivity contribution is 0.630. The predicted molar refractivity (Wildman–Crippen MR) is 83.2 cm³/mol. The molecule has 3 rings (SSSR count). The second-order valence-electron chi connectivity index (χ2n) is 4.16. The van der Waals surface area contributed by atoms with Gasteiger partial charge in [-0.25, -0.2) is 9.37 Å². The van der Waals surface area contributed by atoms with Crippen LogP contribution in [-0.2, 0) is 0 Å². The topological polar surface area (TPSA) is 43.8 Å². The Labute approximate surface area is 132 Å². The van der Waals surface area contributed by atoms with Crippen molar-refractivity contribution in [3.63, 3.8) is 0 Å². The highest BCUT2D eigenvalue weighted by Gasteiger charge is 2.15. The largest absolute Gasteiger partial charge is 0.369 e. The number of benzene rings is 2. The smallest absolute Gasteiger partial charge is 0.205 e. The highest BCUT2D eigenvalue weighted by Crippen LogP contribution is 2.32. The van der Waals surface area contributed by atoms with Crippen molar-refractivity contribution in [1.82, 2.24) is 9.55 Å². The number of halogens is 4. The normalized spacial score (nSPS) is 11.2. The van der Waals surface area contributed by atoms with Crippen LogP contribution in [0.1, 0.15) is 0 Å². The van der Waals surface area contributed by atoms with Crippen LogP contribution in [0.15, 0.2) is 34.8 Å². The van der Waals surface area contributed by atoms with Gasteiger partial charge >= 0.3 is 0 Å². The molecule has 20 heavy (non-hydrogen) atoms. The summed E-state index contributed by atoms with van der Waals surface area (Å²) in [5.41, 5.74) is 7.57. The maximum absolute atomic E-state index is 13.5. The molecule has 0 bridgehead atoms. The average molecular weight is 375 g/mol. The van der Waals surface area contributed by atoms with Crippen LogP contribution in [0.4, 0.5) is 10.3 Å². The van der Waals surface area contributed by atoms with Crippen LogP contribution >= 0.6 is 39.1 Å². The molecule has 0 aliphatic carbocycles. The zero-order valence-corrected chi connectivity index (χ0v) is 13.0. The number of anilines is 1. The highest BCUT2D eigenvalue weighted by molar-refractivity contribution is 9.10. The lowest BCUT2D eigenvalue weighted by atomic mass is 10.2. The third-order valence-electron chi connectivity index (χ3n) is 2.87. The molecule has 0 aliphatic rings. The van der Waals surface area contributed by atoms with Crippen LogP contribution in [0.5, 0.6) is 0 Å². The second kappa shape index (κ2) is 4.91. The first-order chi connectivity index (χ1) is 9.47. The molecule has 0 amide bonds. The van der Waals surface area contributed by atoms with E-state index >= 15 is 0 Å². The summed E-state index contributed by atoms with van der Waals surface area (Å²) in [5, 5.41) is 0.498. The van der Waals surface area contributed by atoms with Crippen LogP contribution in [0.25, 0.3) is 16.7 Å². The molecule has 0 saturated carbocycles. The van der Waals surface area contributed by atoms with Gasteiger partial charge in [0.15, 0.2) is 0 Å². The van der Waals surface area contributed by atoms with E-state index in [1.54, 1.807) is 16.7 Å². The fraction of sp³-hybridized carbons (Fsp3) is 0. The maximum atomic E-state index is 13.5. The van der Waals surface area contributed by atoms with Crippen LogP contribution < -0.4 is 5.73 Å². The molecule has 0 aliphatic heterocycles. The Kier molecular flexibility index (Phi) is 3.36. The summed E-state index contributed by atoms with van der Waals surface area (Å²) in [6.07, 6.45) is 0. The molecular formula is C13H7BrCl2FN3. The number of hydrogen-bond donors (Lipinski definition) is 1. The summed E-state index contributed by atoms with van der Waals surface area (Å²) in [4.78, 5) is 4.13. The Morgan fingerprint density at radius 1 is 1.15 bits per heavy atom. The predicted octanol–water partition coefficient (Wildman–Crippen LogP) is 4.82. The van der Waals surface area contributed by atoms with Gasteiger partial charge in [0.05, 0.1) is 26.8 Å². The first kappa shape index (κ1) is 13.7. The van der Waals surface area contributed by atoms with Gasteiger partial charge in [-0.15, -0.1) is 0 Å². The quantitative estimate of drug-likeness (QED) is 0.663. The van der Waals surface area contributed by atoms with Gasteiger partial charge in [-0.05, 0) is 24.3 Å². The van der Waals surface area contributed by atoms with Gasteiger partial charge < -0.3 is 5.73 Å². The molecule has 2 N–H and O–H groups in total. The summed E-state index contributed by atoms with van der Waals surface area (Å²) in [6, 6.07) is 8.09. The van der Waals surface area contributed by atoms with E-state index in [-0.39, 0.29) is 11.0 Å². The highest BCUT2D eigenvalue weighted by atomic mass is 79.9. The fourth-order valence-corrected chi connectivity index (χ4v) is 2.92. The number of aromatic nitrogens is 2. The van der Waals surface area contributed by atoms with Crippen molar-refractivity contribution in [1.29, 1.82) is 0 Å². The molecule has 0 radical (unpaired) electrons. The molecule has 0 fully saturated rings. The molecule has 3 aromatic rings. The molecule has 1 aromatic heterocycles. The third-order valence-corrected chi connectivity index (χ3v) is 3.96. The number of nitrogens with two attached hydrogens (primary N) is 1. The minimum atomic E-state index is -0.536. The first-order valence-electron chi connectivity index (χ1n) is 5.56. The SMILES string of the molecule is Nc1nc2cc(F)c(Cl)cc2n1-c1ccc(Br)cc1Cl. The Balaban J connectivity index is 2.35. The number of rotatable bonds is 1. The molecule has 0 spiro atoms. The van der Waals surface area contributed by atoms with E-state index in [2.05, 4.69) is 20.9 Å². The lowest BCUT2D eigenvalue weighted by Crippen LogP contribution is -2.01. The van der Waals surface area contributed by atoms with E-state index < -0.39 is 5.82 Å². The molecule has 0 unspecified atom stereocenters. The van der Waals surface area contributed by atoms with Gasteiger partial charge in [0, 0.05) is 10.5 Å². The summed E-state index contributed by atoms with van der Waals surface area (Å²) in [7, 11) is 0. The number of nitrogen functional groups attached to an aromatic ring is 1. The summed E-state index contributed by atoms with van der Waals surface area (Å²) >= 11 is 15.4. The van der Waals surface area contributed by atoms with E-state index in [9.17, 15) is 4.39 Å². The van der Waals surface area contributed by atoms with Gasteiger partial charge in [-0.2, -0.15) is 0 Å². The van der Waals surface area contributed by atoms with Crippen LogP contribution in [-0.4, -0.2) is 9.55 Å². The summed E-state index contributed by atoms with van der Waals surface area (Å²) in [6.45, 7) is 0. The van der Waals surface area contributed by atoms with Crippen molar-refractivity contribution < 1.29 is 4.39 Å².